The van der Waals surface area contributed by atoms with Crippen molar-refractivity contribution in [1.29, 1.82) is 0 Å². The zero-order valence-corrected chi connectivity index (χ0v) is 6.17. The molecule has 0 saturated carbocycles. The Hall–Kier alpha value is -0.120. The lowest BCUT2D eigenvalue weighted by molar-refractivity contribution is -0.0723. The summed E-state index contributed by atoms with van der Waals surface area (Å²) in [5, 5.41) is 3.29. The second-order valence-corrected chi connectivity index (χ2v) is 2.95. The molecule has 0 amide bonds. The van der Waals surface area contributed by atoms with Crippen molar-refractivity contribution in [3.05, 3.63) is 0 Å². The molecule has 0 aromatic carbocycles. The van der Waals surface area contributed by atoms with Gasteiger partial charge in [-0.1, -0.05) is 0 Å². The van der Waals surface area contributed by atoms with Gasteiger partial charge < -0.3 is 9.47 Å². The van der Waals surface area contributed by atoms with E-state index in [1.165, 1.54) is 0 Å². The monoisotopic (exact) mass is 143 g/mol. The Morgan fingerprint density at radius 1 is 1.40 bits per heavy atom. The van der Waals surface area contributed by atoms with Gasteiger partial charge in [-0.3, -0.25) is 5.32 Å². The van der Waals surface area contributed by atoms with Crippen LogP contribution in [0.3, 0.4) is 0 Å². The Balaban J connectivity index is 2.03. The fourth-order valence-corrected chi connectivity index (χ4v) is 1.69. The summed E-state index contributed by atoms with van der Waals surface area (Å²) >= 11 is 0. The van der Waals surface area contributed by atoms with E-state index in [9.17, 15) is 0 Å². The average molecular weight is 143 g/mol. The van der Waals surface area contributed by atoms with Crippen LogP contribution in [0.4, 0.5) is 0 Å². The molecule has 2 saturated heterocycles. The first-order valence-corrected chi connectivity index (χ1v) is 3.84. The smallest absolute Gasteiger partial charge is 0.101 e. The predicted octanol–water partition coefficient (Wildman–Crippen LogP) is 0.110. The third kappa shape index (κ3) is 0.944. The van der Waals surface area contributed by atoms with Gasteiger partial charge in [0.25, 0.3) is 0 Å². The number of hydrogen-bond acceptors (Lipinski definition) is 3. The Bertz CT molecular complexity index is 129. The second-order valence-electron chi connectivity index (χ2n) is 2.95. The zero-order valence-electron chi connectivity index (χ0n) is 6.17. The molecule has 2 aliphatic heterocycles. The maximum absolute atomic E-state index is 5.43. The molecule has 10 heavy (non-hydrogen) atoms. The molecular formula is C7H13NO2. The number of ether oxygens (including phenoxy) is 2. The summed E-state index contributed by atoms with van der Waals surface area (Å²) in [7, 11) is 0. The summed E-state index contributed by atoms with van der Waals surface area (Å²) < 4.78 is 10.9. The van der Waals surface area contributed by atoms with Crippen LogP contribution in [0.5, 0.6) is 0 Å². The standard InChI is InChI=1S/C7H13NO2/c1-5-7-6(2-3-9-5)8-4-10-7/h5-8H,2-4H2,1H3/t5-,6-,7?/m0/s1. The summed E-state index contributed by atoms with van der Waals surface area (Å²) in [6, 6.07) is 0.545. The van der Waals surface area contributed by atoms with Crippen molar-refractivity contribution in [2.75, 3.05) is 13.3 Å². The van der Waals surface area contributed by atoms with Crippen molar-refractivity contribution in [3.8, 4) is 0 Å². The first kappa shape index (κ1) is 6.58. The van der Waals surface area contributed by atoms with E-state index in [0.717, 1.165) is 13.0 Å². The molecule has 3 heteroatoms. The highest BCUT2D eigenvalue weighted by Gasteiger charge is 2.35. The fourth-order valence-electron chi connectivity index (χ4n) is 1.69. The van der Waals surface area contributed by atoms with Crippen LogP contribution in [-0.4, -0.2) is 31.6 Å². The quantitative estimate of drug-likeness (QED) is 0.522. The van der Waals surface area contributed by atoms with Crippen LogP contribution in [0, 0.1) is 0 Å². The van der Waals surface area contributed by atoms with E-state index in [2.05, 4.69) is 12.2 Å². The van der Waals surface area contributed by atoms with Crippen molar-refractivity contribution in [2.45, 2.75) is 31.6 Å². The summed E-state index contributed by atoms with van der Waals surface area (Å²) in [6.45, 7) is 3.64. The minimum absolute atomic E-state index is 0.272. The molecular weight excluding hydrogens is 130 g/mol. The van der Waals surface area contributed by atoms with Crippen molar-refractivity contribution < 1.29 is 9.47 Å². The molecule has 2 fully saturated rings. The van der Waals surface area contributed by atoms with Crippen LogP contribution < -0.4 is 5.32 Å². The first-order valence-electron chi connectivity index (χ1n) is 3.84. The minimum atomic E-state index is 0.272. The lowest BCUT2D eigenvalue weighted by atomic mass is 10.0. The molecule has 2 aliphatic rings. The fraction of sp³-hybridized carbons (Fsp3) is 1.00. The van der Waals surface area contributed by atoms with Crippen LogP contribution in [-0.2, 0) is 9.47 Å². The van der Waals surface area contributed by atoms with Gasteiger partial charge in [0, 0.05) is 12.6 Å². The zero-order chi connectivity index (χ0) is 6.97. The van der Waals surface area contributed by atoms with Gasteiger partial charge in [-0.25, -0.2) is 0 Å². The number of fused-ring (bicyclic) bond motifs is 1. The largest absolute Gasteiger partial charge is 0.376 e. The number of nitrogens with one attached hydrogen (secondary N) is 1. The number of rotatable bonds is 0. The van der Waals surface area contributed by atoms with Crippen molar-refractivity contribution in [3.63, 3.8) is 0 Å². The molecule has 1 unspecified atom stereocenters. The van der Waals surface area contributed by atoms with Crippen LogP contribution in [0.25, 0.3) is 0 Å². The van der Waals surface area contributed by atoms with Crippen LogP contribution in [0.15, 0.2) is 0 Å². The number of hydrogen-bond donors (Lipinski definition) is 1. The molecule has 0 radical (unpaired) electrons. The third-order valence-corrected chi connectivity index (χ3v) is 2.29. The maximum atomic E-state index is 5.43. The maximum Gasteiger partial charge on any atom is 0.101 e. The Morgan fingerprint density at radius 2 is 2.30 bits per heavy atom. The van der Waals surface area contributed by atoms with E-state index >= 15 is 0 Å². The van der Waals surface area contributed by atoms with Gasteiger partial charge in [0.15, 0.2) is 0 Å². The van der Waals surface area contributed by atoms with E-state index in [1.54, 1.807) is 0 Å². The van der Waals surface area contributed by atoms with Gasteiger partial charge in [-0.2, -0.15) is 0 Å². The highest BCUT2D eigenvalue weighted by atomic mass is 16.6. The average Bonchev–Trinajstić information content (AvgIpc) is 2.36. The molecule has 2 heterocycles. The van der Waals surface area contributed by atoms with Crippen LogP contribution in [0.2, 0.25) is 0 Å². The van der Waals surface area contributed by atoms with Crippen molar-refractivity contribution in [1.82, 2.24) is 5.32 Å². The second kappa shape index (κ2) is 2.49. The van der Waals surface area contributed by atoms with Crippen molar-refractivity contribution in [2.24, 2.45) is 0 Å². The van der Waals surface area contributed by atoms with Gasteiger partial charge in [-0.15, -0.1) is 0 Å². The van der Waals surface area contributed by atoms with E-state index in [0.29, 0.717) is 18.9 Å². The molecule has 0 aromatic rings. The molecule has 3 atom stereocenters. The summed E-state index contributed by atoms with van der Waals surface area (Å²) in [5.41, 5.74) is 0. The van der Waals surface area contributed by atoms with E-state index in [4.69, 9.17) is 9.47 Å². The van der Waals surface area contributed by atoms with Gasteiger partial charge >= 0.3 is 0 Å². The molecule has 0 aliphatic carbocycles. The normalized spacial score (nSPS) is 47.1. The Kier molecular flexibility index (Phi) is 1.64. The lowest BCUT2D eigenvalue weighted by Crippen LogP contribution is -2.44. The van der Waals surface area contributed by atoms with Gasteiger partial charge in [0.2, 0.25) is 0 Å². The molecule has 3 nitrogen and oxygen atoms in total. The molecule has 0 bridgehead atoms. The molecule has 58 valence electrons. The van der Waals surface area contributed by atoms with Gasteiger partial charge in [-0.05, 0) is 13.3 Å². The SMILES string of the molecule is C[C@@H]1OCC[C@@H]2NCOC21. The topological polar surface area (TPSA) is 30.5 Å². The highest BCUT2D eigenvalue weighted by Crippen LogP contribution is 2.20. The Morgan fingerprint density at radius 3 is 3.10 bits per heavy atom. The van der Waals surface area contributed by atoms with E-state index in [-0.39, 0.29) is 6.10 Å². The lowest BCUT2D eigenvalue weighted by Gasteiger charge is -2.29. The van der Waals surface area contributed by atoms with Gasteiger partial charge in [0.1, 0.15) is 6.10 Å². The molecule has 2 rings (SSSR count). The minimum Gasteiger partial charge on any atom is -0.376 e. The summed E-state index contributed by atoms with van der Waals surface area (Å²) in [6.07, 6.45) is 1.66. The van der Waals surface area contributed by atoms with Crippen LogP contribution >= 0.6 is 0 Å². The van der Waals surface area contributed by atoms with E-state index in [1.807, 2.05) is 0 Å². The van der Waals surface area contributed by atoms with E-state index < -0.39 is 0 Å². The first-order chi connectivity index (χ1) is 4.88. The van der Waals surface area contributed by atoms with Crippen molar-refractivity contribution >= 4 is 0 Å². The molecule has 0 aromatic heterocycles. The Labute approximate surface area is 60.7 Å². The molecule has 0 spiro atoms. The molecule has 1 N–H and O–H groups in total. The summed E-state index contributed by atoms with van der Waals surface area (Å²) in [5.74, 6) is 0. The predicted molar refractivity (Wildman–Crippen MR) is 36.7 cm³/mol. The van der Waals surface area contributed by atoms with Gasteiger partial charge in [0.05, 0.1) is 12.8 Å². The highest BCUT2D eigenvalue weighted by molar-refractivity contribution is 4.88. The van der Waals surface area contributed by atoms with Crippen LogP contribution in [0.1, 0.15) is 13.3 Å². The third-order valence-electron chi connectivity index (χ3n) is 2.29. The summed E-state index contributed by atoms with van der Waals surface area (Å²) in [4.78, 5) is 0.